The van der Waals surface area contributed by atoms with Crippen LogP contribution in [0.25, 0.3) is 32.9 Å². The van der Waals surface area contributed by atoms with E-state index in [4.69, 9.17) is 11.5 Å². The number of likely N-dealkylation sites (N-methyl/N-ethyl adjacent to an activating group) is 1. The van der Waals surface area contributed by atoms with Gasteiger partial charge in [-0.1, -0.05) is 24.3 Å². The predicted octanol–water partition coefficient (Wildman–Crippen LogP) is 2.47. The van der Waals surface area contributed by atoms with Crippen molar-refractivity contribution in [2.45, 2.75) is 13.0 Å². The summed E-state index contributed by atoms with van der Waals surface area (Å²) in [5.74, 6) is -0.502. The SMILES string of the molecule is CN1CCN(C(=O)c2ccc3c(c2)[nH]c2c(C(N)=O)ccc(-c4cccc(N5CCCS5(=O)=O)c4CN)c23)CC1. The molecule has 2 amide bonds. The second-order valence-corrected chi connectivity index (χ2v) is 12.5. The number of sulfonamides is 1. The zero-order chi connectivity index (χ0) is 28.2. The number of carbonyl (C=O) groups is 2. The molecule has 5 N–H and O–H groups in total. The highest BCUT2D eigenvalue weighted by atomic mass is 32.2. The Labute approximate surface area is 232 Å². The Morgan fingerprint density at radius 1 is 0.975 bits per heavy atom. The smallest absolute Gasteiger partial charge is 0.254 e. The molecule has 2 aliphatic rings. The van der Waals surface area contributed by atoms with Gasteiger partial charge < -0.3 is 26.3 Å². The van der Waals surface area contributed by atoms with E-state index in [0.29, 0.717) is 59.5 Å². The maximum absolute atomic E-state index is 13.3. The molecule has 0 radical (unpaired) electrons. The van der Waals surface area contributed by atoms with E-state index in [1.165, 1.54) is 4.31 Å². The monoisotopic (exact) mass is 560 g/mol. The maximum Gasteiger partial charge on any atom is 0.254 e. The largest absolute Gasteiger partial charge is 0.366 e. The van der Waals surface area contributed by atoms with Gasteiger partial charge in [0.25, 0.3) is 11.8 Å². The van der Waals surface area contributed by atoms with E-state index < -0.39 is 15.9 Å². The quantitative estimate of drug-likeness (QED) is 0.342. The van der Waals surface area contributed by atoms with Crippen LogP contribution in [0, 0.1) is 0 Å². The van der Waals surface area contributed by atoms with Gasteiger partial charge in [0.05, 0.1) is 22.5 Å². The van der Waals surface area contributed by atoms with Gasteiger partial charge in [-0.15, -0.1) is 0 Å². The van der Waals surface area contributed by atoms with Gasteiger partial charge in [-0.3, -0.25) is 13.9 Å². The van der Waals surface area contributed by atoms with E-state index in [1.807, 2.05) is 48.3 Å². The van der Waals surface area contributed by atoms with Crippen LogP contribution in [0.4, 0.5) is 5.69 Å². The number of rotatable bonds is 5. The molecule has 10 nitrogen and oxygen atoms in total. The molecular weight excluding hydrogens is 528 g/mol. The van der Waals surface area contributed by atoms with Crippen LogP contribution < -0.4 is 15.8 Å². The molecule has 4 aromatic rings. The molecule has 0 atom stereocenters. The lowest BCUT2D eigenvalue weighted by atomic mass is 9.92. The Morgan fingerprint density at radius 3 is 2.42 bits per heavy atom. The van der Waals surface area contributed by atoms with Gasteiger partial charge in [0.2, 0.25) is 10.0 Å². The maximum atomic E-state index is 13.3. The number of anilines is 1. The van der Waals surface area contributed by atoms with Gasteiger partial charge in [-0.05, 0) is 54.4 Å². The molecule has 0 saturated carbocycles. The van der Waals surface area contributed by atoms with Crippen molar-refractivity contribution in [1.29, 1.82) is 0 Å². The molecule has 208 valence electrons. The second kappa shape index (κ2) is 9.92. The number of hydrogen-bond acceptors (Lipinski definition) is 6. The molecular formula is C29H32N6O4S. The van der Waals surface area contributed by atoms with Gasteiger partial charge in [-0.2, -0.15) is 0 Å². The van der Waals surface area contributed by atoms with Gasteiger partial charge in [0.15, 0.2) is 0 Å². The van der Waals surface area contributed by atoms with Gasteiger partial charge in [-0.25, -0.2) is 8.42 Å². The van der Waals surface area contributed by atoms with Crippen molar-refractivity contribution in [3.8, 4) is 11.1 Å². The minimum absolute atomic E-state index is 0.0334. The standard InChI is InChI=1S/C29H32N6O4S/c1-33-11-13-34(14-12-33)29(37)18-6-7-21-24(16-18)32-27-22(28(31)36)9-8-20(26(21)27)19-4-2-5-25(23(19)17-30)35-10-3-15-40(35,38)39/h2,4-9,16,32H,3,10-15,17,30H2,1H3,(H2,31,36). The molecule has 6 rings (SSSR count). The lowest BCUT2D eigenvalue weighted by Crippen LogP contribution is -2.47. The number of piperazine rings is 1. The molecule has 0 bridgehead atoms. The molecule has 3 aromatic carbocycles. The van der Waals surface area contributed by atoms with Crippen molar-refractivity contribution in [1.82, 2.24) is 14.8 Å². The highest BCUT2D eigenvalue weighted by Crippen LogP contribution is 2.41. The van der Waals surface area contributed by atoms with Crippen LogP contribution in [0.5, 0.6) is 0 Å². The molecule has 2 aliphatic heterocycles. The average Bonchev–Trinajstić information content (AvgIpc) is 3.50. The van der Waals surface area contributed by atoms with Crippen molar-refractivity contribution in [2.75, 3.05) is 49.8 Å². The van der Waals surface area contributed by atoms with Crippen LogP contribution in [0.3, 0.4) is 0 Å². The van der Waals surface area contributed by atoms with E-state index in [-0.39, 0.29) is 18.2 Å². The number of primary amides is 1. The minimum atomic E-state index is -3.41. The Morgan fingerprint density at radius 2 is 1.75 bits per heavy atom. The summed E-state index contributed by atoms with van der Waals surface area (Å²) in [7, 11) is -1.37. The summed E-state index contributed by atoms with van der Waals surface area (Å²) in [5.41, 5.74) is 17.0. The normalized spacial score (nSPS) is 17.6. The summed E-state index contributed by atoms with van der Waals surface area (Å²) in [6.07, 6.45) is 0.561. The van der Waals surface area contributed by atoms with E-state index in [0.717, 1.165) is 35.0 Å². The zero-order valence-corrected chi connectivity index (χ0v) is 23.1. The zero-order valence-electron chi connectivity index (χ0n) is 22.3. The number of aromatic nitrogens is 1. The first-order valence-electron chi connectivity index (χ1n) is 13.4. The number of nitrogens with one attached hydrogen (secondary N) is 1. The lowest BCUT2D eigenvalue weighted by Gasteiger charge is -2.32. The van der Waals surface area contributed by atoms with E-state index in [9.17, 15) is 18.0 Å². The van der Waals surface area contributed by atoms with E-state index >= 15 is 0 Å². The highest BCUT2D eigenvalue weighted by Gasteiger charge is 2.31. The molecule has 0 unspecified atom stereocenters. The number of hydrogen-bond donors (Lipinski definition) is 3. The van der Waals surface area contributed by atoms with Crippen LogP contribution >= 0.6 is 0 Å². The number of amides is 2. The van der Waals surface area contributed by atoms with Gasteiger partial charge in [0, 0.05) is 61.1 Å². The summed E-state index contributed by atoms with van der Waals surface area (Å²) in [6.45, 7) is 3.52. The number of nitrogens with two attached hydrogens (primary N) is 2. The fourth-order valence-corrected chi connectivity index (χ4v) is 7.55. The first-order chi connectivity index (χ1) is 19.2. The average molecular weight is 561 g/mol. The third-order valence-electron chi connectivity index (χ3n) is 8.07. The second-order valence-electron chi connectivity index (χ2n) is 10.5. The first kappa shape index (κ1) is 26.3. The van der Waals surface area contributed by atoms with Crippen LogP contribution in [-0.4, -0.2) is 80.5 Å². The third-order valence-corrected chi connectivity index (χ3v) is 9.93. The highest BCUT2D eigenvalue weighted by molar-refractivity contribution is 7.93. The predicted molar refractivity (Wildman–Crippen MR) is 157 cm³/mol. The Bertz CT molecular complexity index is 1770. The number of carbonyl (C=O) groups excluding carboxylic acids is 2. The Hall–Kier alpha value is -3.93. The molecule has 2 saturated heterocycles. The van der Waals surface area contributed by atoms with Crippen LogP contribution in [0.1, 0.15) is 32.7 Å². The van der Waals surface area contributed by atoms with Crippen LogP contribution in [0.2, 0.25) is 0 Å². The number of fused-ring (bicyclic) bond motifs is 3. The van der Waals surface area contributed by atoms with Crippen molar-refractivity contribution in [3.05, 3.63) is 65.2 Å². The van der Waals surface area contributed by atoms with Crippen molar-refractivity contribution in [2.24, 2.45) is 11.5 Å². The molecule has 11 heteroatoms. The molecule has 3 heterocycles. The molecule has 0 aliphatic carbocycles. The minimum Gasteiger partial charge on any atom is -0.366 e. The number of aromatic amines is 1. The van der Waals surface area contributed by atoms with Crippen molar-refractivity contribution < 1.29 is 18.0 Å². The summed E-state index contributed by atoms with van der Waals surface area (Å²) < 4.78 is 27.0. The van der Waals surface area contributed by atoms with E-state index in [2.05, 4.69) is 9.88 Å². The molecule has 0 spiro atoms. The van der Waals surface area contributed by atoms with Crippen LogP contribution in [-0.2, 0) is 16.6 Å². The van der Waals surface area contributed by atoms with E-state index in [1.54, 1.807) is 12.1 Å². The Balaban J connectivity index is 1.53. The molecule has 40 heavy (non-hydrogen) atoms. The molecule has 1 aromatic heterocycles. The van der Waals surface area contributed by atoms with Gasteiger partial charge in [0.1, 0.15) is 0 Å². The number of nitrogens with zero attached hydrogens (tertiary/aromatic N) is 3. The summed E-state index contributed by atoms with van der Waals surface area (Å²) in [4.78, 5) is 33.1. The first-order valence-corrected chi connectivity index (χ1v) is 15.0. The Kier molecular flexibility index (Phi) is 6.52. The number of H-pyrrole nitrogens is 1. The summed E-state index contributed by atoms with van der Waals surface area (Å²) >= 11 is 0. The fourth-order valence-electron chi connectivity index (χ4n) is 5.95. The van der Waals surface area contributed by atoms with Crippen LogP contribution in [0.15, 0.2) is 48.5 Å². The van der Waals surface area contributed by atoms with Crippen molar-refractivity contribution in [3.63, 3.8) is 0 Å². The number of benzene rings is 3. The lowest BCUT2D eigenvalue weighted by molar-refractivity contribution is 0.0664. The summed E-state index contributed by atoms with van der Waals surface area (Å²) in [5, 5.41) is 1.59. The molecule has 2 fully saturated rings. The van der Waals surface area contributed by atoms with Gasteiger partial charge >= 0.3 is 0 Å². The third kappa shape index (κ3) is 4.30. The topological polar surface area (TPSA) is 146 Å². The summed E-state index contributed by atoms with van der Waals surface area (Å²) in [6, 6.07) is 14.6. The fraction of sp³-hybridized carbons (Fsp3) is 0.310. The van der Waals surface area contributed by atoms with Crippen molar-refractivity contribution >= 4 is 49.3 Å².